The smallest absolute Gasteiger partial charge is 0.282 e. The van der Waals surface area contributed by atoms with E-state index in [9.17, 15) is 9.59 Å². The fraction of sp³-hybridized carbons (Fsp3) is 0.143. The van der Waals surface area contributed by atoms with Gasteiger partial charge in [0.1, 0.15) is 11.6 Å². The lowest BCUT2D eigenvalue weighted by Crippen LogP contribution is -2.21. The minimum absolute atomic E-state index is 0.268. The molecule has 146 valence electrons. The summed E-state index contributed by atoms with van der Waals surface area (Å²) >= 11 is 0. The van der Waals surface area contributed by atoms with Gasteiger partial charge in [-0.05, 0) is 50.2 Å². The number of aryl methyl sites for hydroxylation is 2. The molecular weight excluding hydrogens is 370 g/mol. The first-order chi connectivity index (χ1) is 14.0. The van der Waals surface area contributed by atoms with Gasteiger partial charge in [-0.1, -0.05) is 12.1 Å². The molecule has 0 aliphatic heterocycles. The molecule has 8 nitrogen and oxygen atoms in total. The number of nitrogens with one attached hydrogen (secondary N) is 1. The largest absolute Gasteiger partial charge is 0.497 e. The van der Waals surface area contributed by atoms with Crippen molar-refractivity contribution in [2.75, 3.05) is 7.11 Å². The molecule has 4 rings (SSSR count). The molecule has 2 aromatic heterocycles. The highest BCUT2D eigenvalue weighted by Gasteiger charge is 2.12. The molecule has 0 saturated carbocycles. The summed E-state index contributed by atoms with van der Waals surface area (Å²) < 4.78 is 7.77. The second kappa shape index (κ2) is 7.23. The van der Waals surface area contributed by atoms with E-state index in [4.69, 9.17) is 4.74 Å². The summed E-state index contributed by atoms with van der Waals surface area (Å²) in [4.78, 5) is 30.0. The SMILES string of the molecule is COc1ccc(-n2[nH]c(C)c(C=Nn3c(C)nc4ccccc4c3=O)c2=O)cc1. The van der Waals surface area contributed by atoms with E-state index in [0.717, 1.165) is 0 Å². The molecule has 0 saturated heterocycles. The third-order valence-corrected chi connectivity index (χ3v) is 4.67. The molecule has 2 aromatic carbocycles. The van der Waals surface area contributed by atoms with Gasteiger partial charge in [-0.3, -0.25) is 14.7 Å². The molecule has 4 aromatic rings. The highest BCUT2D eigenvalue weighted by atomic mass is 16.5. The monoisotopic (exact) mass is 389 g/mol. The number of aromatic nitrogens is 4. The van der Waals surface area contributed by atoms with Crippen LogP contribution in [0, 0.1) is 13.8 Å². The Balaban J connectivity index is 1.76. The Morgan fingerprint density at radius 1 is 1.03 bits per heavy atom. The van der Waals surface area contributed by atoms with Gasteiger partial charge in [-0.2, -0.15) is 9.78 Å². The van der Waals surface area contributed by atoms with Gasteiger partial charge in [0.2, 0.25) is 0 Å². The molecular formula is C21H19N5O3. The van der Waals surface area contributed by atoms with Crippen LogP contribution in [0.3, 0.4) is 0 Å². The predicted molar refractivity (Wildman–Crippen MR) is 111 cm³/mol. The lowest BCUT2D eigenvalue weighted by atomic mass is 10.2. The first-order valence-electron chi connectivity index (χ1n) is 8.98. The number of para-hydroxylation sites is 1. The Kier molecular flexibility index (Phi) is 4.59. The van der Waals surface area contributed by atoms with Crippen molar-refractivity contribution in [1.29, 1.82) is 0 Å². The molecule has 1 N–H and O–H groups in total. The summed E-state index contributed by atoms with van der Waals surface area (Å²) in [6, 6.07) is 14.2. The van der Waals surface area contributed by atoms with Crippen molar-refractivity contribution in [1.82, 2.24) is 19.4 Å². The van der Waals surface area contributed by atoms with E-state index in [2.05, 4.69) is 15.2 Å². The summed E-state index contributed by atoms with van der Waals surface area (Å²) in [5.41, 5.74) is 1.72. The van der Waals surface area contributed by atoms with Crippen LogP contribution in [0.25, 0.3) is 16.6 Å². The summed E-state index contributed by atoms with van der Waals surface area (Å²) in [7, 11) is 1.58. The van der Waals surface area contributed by atoms with Gasteiger partial charge in [0.15, 0.2) is 0 Å². The normalized spacial score (nSPS) is 11.4. The van der Waals surface area contributed by atoms with Gasteiger partial charge in [0.05, 0.1) is 35.5 Å². The molecule has 0 fully saturated rings. The van der Waals surface area contributed by atoms with Crippen LogP contribution in [0.5, 0.6) is 5.75 Å². The van der Waals surface area contributed by atoms with Crippen molar-refractivity contribution < 1.29 is 4.74 Å². The van der Waals surface area contributed by atoms with Crippen LogP contribution in [0.1, 0.15) is 17.1 Å². The second-order valence-corrected chi connectivity index (χ2v) is 6.53. The number of hydrogen-bond acceptors (Lipinski definition) is 5. The van der Waals surface area contributed by atoms with E-state index in [-0.39, 0.29) is 11.1 Å². The first-order valence-corrected chi connectivity index (χ1v) is 8.98. The van der Waals surface area contributed by atoms with Gasteiger partial charge in [0, 0.05) is 5.69 Å². The second-order valence-electron chi connectivity index (χ2n) is 6.53. The van der Waals surface area contributed by atoms with Crippen LogP contribution in [-0.4, -0.2) is 32.8 Å². The number of aromatic amines is 1. The van der Waals surface area contributed by atoms with E-state index in [0.29, 0.717) is 39.4 Å². The number of methoxy groups -OCH3 is 1. The highest BCUT2D eigenvalue weighted by molar-refractivity contribution is 5.81. The van der Waals surface area contributed by atoms with Crippen LogP contribution in [0.2, 0.25) is 0 Å². The summed E-state index contributed by atoms with van der Waals surface area (Å²) in [5.74, 6) is 1.14. The van der Waals surface area contributed by atoms with Gasteiger partial charge in [-0.25, -0.2) is 9.67 Å². The van der Waals surface area contributed by atoms with E-state index >= 15 is 0 Å². The van der Waals surface area contributed by atoms with E-state index in [1.807, 2.05) is 6.07 Å². The average molecular weight is 389 g/mol. The highest BCUT2D eigenvalue weighted by Crippen LogP contribution is 2.14. The molecule has 0 aliphatic rings. The maximum absolute atomic E-state index is 12.9. The summed E-state index contributed by atoms with van der Waals surface area (Å²) in [6.07, 6.45) is 1.39. The number of nitrogens with zero attached hydrogens (tertiary/aromatic N) is 4. The molecule has 8 heteroatoms. The zero-order valence-electron chi connectivity index (χ0n) is 16.2. The number of fused-ring (bicyclic) bond motifs is 1. The van der Waals surface area contributed by atoms with Crippen molar-refractivity contribution in [2.24, 2.45) is 5.10 Å². The molecule has 29 heavy (non-hydrogen) atoms. The lowest BCUT2D eigenvalue weighted by molar-refractivity contribution is 0.414. The van der Waals surface area contributed by atoms with Gasteiger partial charge in [0.25, 0.3) is 11.1 Å². The molecule has 0 atom stereocenters. The van der Waals surface area contributed by atoms with E-state index in [1.165, 1.54) is 15.6 Å². The Hall–Kier alpha value is -3.94. The minimum Gasteiger partial charge on any atom is -0.497 e. The van der Waals surface area contributed by atoms with Crippen molar-refractivity contribution in [3.05, 3.63) is 86.3 Å². The quantitative estimate of drug-likeness (QED) is 0.542. The number of H-pyrrole nitrogens is 1. The lowest BCUT2D eigenvalue weighted by Gasteiger charge is -2.04. The maximum Gasteiger partial charge on any atom is 0.282 e. The van der Waals surface area contributed by atoms with Crippen LogP contribution >= 0.6 is 0 Å². The third kappa shape index (κ3) is 3.25. The third-order valence-electron chi connectivity index (χ3n) is 4.67. The van der Waals surface area contributed by atoms with E-state index < -0.39 is 0 Å². The number of benzene rings is 2. The average Bonchev–Trinajstić information content (AvgIpc) is 3.02. The van der Waals surface area contributed by atoms with Crippen molar-refractivity contribution >= 4 is 17.1 Å². The summed E-state index contributed by atoms with van der Waals surface area (Å²) in [5, 5.41) is 7.75. The Bertz CT molecular complexity index is 1340. The number of hydrogen-bond donors (Lipinski definition) is 1. The topological polar surface area (TPSA) is 94.3 Å². The molecule has 2 heterocycles. The Labute approximate surface area is 165 Å². The molecule has 0 amide bonds. The predicted octanol–water partition coefficient (Wildman–Crippen LogP) is 2.38. The van der Waals surface area contributed by atoms with Gasteiger partial charge >= 0.3 is 0 Å². The zero-order chi connectivity index (χ0) is 20.5. The maximum atomic E-state index is 12.9. The fourth-order valence-electron chi connectivity index (χ4n) is 3.11. The van der Waals surface area contributed by atoms with Crippen LogP contribution in [-0.2, 0) is 0 Å². The molecule has 0 spiro atoms. The standard InChI is InChI=1S/C21H19N5O3/c1-13-18(21(28)26(24-13)15-8-10-16(29-3)11-9-15)12-22-25-14(2)23-19-7-5-4-6-17(19)20(25)27/h4-12,24H,1-3H3. The molecule has 0 unspecified atom stereocenters. The van der Waals surface area contributed by atoms with Crippen LogP contribution < -0.4 is 15.9 Å². The van der Waals surface area contributed by atoms with Gasteiger partial charge < -0.3 is 4.74 Å². The first kappa shape index (κ1) is 18.4. The molecule has 0 bridgehead atoms. The van der Waals surface area contributed by atoms with E-state index in [1.54, 1.807) is 63.4 Å². The van der Waals surface area contributed by atoms with Crippen molar-refractivity contribution in [3.8, 4) is 11.4 Å². The minimum atomic E-state index is -0.284. The number of rotatable bonds is 4. The van der Waals surface area contributed by atoms with Gasteiger partial charge in [-0.15, -0.1) is 0 Å². The summed E-state index contributed by atoms with van der Waals surface area (Å²) in [6.45, 7) is 3.47. The molecule has 0 radical (unpaired) electrons. The Morgan fingerprint density at radius 2 is 1.76 bits per heavy atom. The fourth-order valence-corrected chi connectivity index (χ4v) is 3.11. The van der Waals surface area contributed by atoms with Crippen molar-refractivity contribution in [2.45, 2.75) is 13.8 Å². The molecule has 0 aliphatic carbocycles. The number of ether oxygens (including phenoxy) is 1. The Morgan fingerprint density at radius 3 is 2.48 bits per heavy atom. The van der Waals surface area contributed by atoms with Crippen LogP contribution in [0.4, 0.5) is 0 Å². The zero-order valence-corrected chi connectivity index (χ0v) is 16.2. The van der Waals surface area contributed by atoms with Crippen molar-refractivity contribution in [3.63, 3.8) is 0 Å². The van der Waals surface area contributed by atoms with Crippen LogP contribution in [0.15, 0.2) is 63.2 Å².